The molecule has 0 N–H and O–H groups in total. The van der Waals surface area contributed by atoms with Gasteiger partial charge in [-0.1, -0.05) is 19.0 Å². The van der Waals surface area contributed by atoms with Crippen LogP contribution in [-0.2, 0) is 11.2 Å². The van der Waals surface area contributed by atoms with Crippen molar-refractivity contribution in [2.75, 3.05) is 0 Å². The van der Waals surface area contributed by atoms with E-state index in [1.165, 1.54) is 0 Å². The molecule has 4 heteroatoms. The number of carbonyl (C=O) groups excluding carboxylic acids is 1. The second kappa shape index (κ2) is 4.13. The predicted molar refractivity (Wildman–Crippen MR) is 54.4 cm³/mol. The van der Waals surface area contributed by atoms with Crippen LogP contribution in [0, 0.1) is 5.92 Å². The lowest BCUT2D eigenvalue weighted by atomic mass is 10.1. The van der Waals surface area contributed by atoms with Crippen molar-refractivity contribution in [3.63, 3.8) is 0 Å². The van der Waals surface area contributed by atoms with Gasteiger partial charge in [-0.2, -0.15) is 4.98 Å². The maximum Gasteiger partial charge on any atom is 0.237 e. The van der Waals surface area contributed by atoms with Crippen LogP contribution in [0.25, 0.3) is 0 Å². The van der Waals surface area contributed by atoms with Gasteiger partial charge in [0, 0.05) is 12.8 Å². The number of hydrogen-bond acceptors (Lipinski definition) is 4. The number of Topliss-reactive ketones (excluding diaryl/α,β-unsaturated/α-hetero) is 1. The van der Waals surface area contributed by atoms with Gasteiger partial charge < -0.3 is 4.52 Å². The fourth-order valence-corrected chi connectivity index (χ4v) is 1.93. The molecule has 1 aromatic rings. The lowest BCUT2D eigenvalue weighted by Crippen LogP contribution is -2.05. The third-order valence-electron chi connectivity index (χ3n) is 2.68. The van der Waals surface area contributed by atoms with E-state index in [1.807, 2.05) is 0 Å². The minimum absolute atomic E-state index is 0.126. The molecule has 0 radical (unpaired) electrons. The van der Waals surface area contributed by atoms with Gasteiger partial charge in [-0.15, -0.1) is 0 Å². The molecule has 0 amide bonds. The Morgan fingerprint density at radius 1 is 1.53 bits per heavy atom. The number of hydrogen-bond donors (Lipinski definition) is 0. The highest BCUT2D eigenvalue weighted by Crippen LogP contribution is 2.29. The molecular formula is C11H16N2O2. The molecule has 0 spiro atoms. The van der Waals surface area contributed by atoms with Gasteiger partial charge >= 0.3 is 0 Å². The largest absolute Gasteiger partial charge is 0.339 e. The molecule has 0 saturated heterocycles. The Labute approximate surface area is 89.1 Å². The number of carbonyl (C=O) groups is 1. The van der Waals surface area contributed by atoms with Crippen LogP contribution in [0.1, 0.15) is 50.7 Å². The molecule has 4 nitrogen and oxygen atoms in total. The van der Waals surface area contributed by atoms with Crippen LogP contribution in [0.5, 0.6) is 0 Å². The molecule has 1 atom stereocenters. The number of nitrogens with zero attached hydrogens (tertiary/aromatic N) is 2. The van der Waals surface area contributed by atoms with E-state index in [0.29, 0.717) is 18.2 Å². The Morgan fingerprint density at radius 2 is 2.33 bits per heavy atom. The molecule has 0 aromatic carbocycles. The van der Waals surface area contributed by atoms with Crippen LogP contribution in [0.4, 0.5) is 0 Å². The van der Waals surface area contributed by atoms with Gasteiger partial charge in [0.05, 0.1) is 5.92 Å². The summed E-state index contributed by atoms with van der Waals surface area (Å²) in [5, 5.41) is 3.90. The van der Waals surface area contributed by atoms with Gasteiger partial charge in [0.2, 0.25) is 5.89 Å². The highest BCUT2D eigenvalue weighted by molar-refractivity contribution is 5.86. The molecule has 1 heterocycles. The monoisotopic (exact) mass is 208 g/mol. The van der Waals surface area contributed by atoms with Crippen molar-refractivity contribution >= 4 is 5.78 Å². The van der Waals surface area contributed by atoms with Gasteiger partial charge in [0.25, 0.3) is 0 Å². The van der Waals surface area contributed by atoms with Crippen molar-refractivity contribution in [3.05, 3.63) is 11.7 Å². The normalized spacial score (nSPS) is 21.5. The smallest absolute Gasteiger partial charge is 0.237 e. The SMILES string of the molecule is CC(C)Cc1noc(C2CCCC2=O)n1. The summed E-state index contributed by atoms with van der Waals surface area (Å²) in [6.45, 7) is 4.22. The van der Waals surface area contributed by atoms with Gasteiger partial charge in [-0.3, -0.25) is 4.79 Å². The Hall–Kier alpha value is -1.19. The first-order valence-electron chi connectivity index (χ1n) is 5.52. The first-order chi connectivity index (χ1) is 7.16. The summed E-state index contributed by atoms with van der Waals surface area (Å²) in [5.41, 5.74) is 0. The van der Waals surface area contributed by atoms with Gasteiger partial charge in [-0.25, -0.2) is 0 Å². The summed E-state index contributed by atoms with van der Waals surface area (Å²) >= 11 is 0. The first-order valence-corrected chi connectivity index (χ1v) is 5.52. The minimum Gasteiger partial charge on any atom is -0.339 e. The number of ketones is 1. The average molecular weight is 208 g/mol. The van der Waals surface area contributed by atoms with Crippen molar-refractivity contribution in [3.8, 4) is 0 Å². The van der Waals surface area contributed by atoms with Crippen LogP contribution in [0.15, 0.2) is 4.52 Å². The summed E-state index contributed by atoms with van der Waals surface area (Å²) in [6.07, 6.45) is 3.28. The second-order valence-electron chi connectivity index (χ2n) is 4.56. The molecule has 1 aliphatic rings. The van der Waals surface area contributed by atoms with Crippen LogP contribution in [-0.4, -0.2) is 15.9 Å². The Bertz CT molecular complexity index is 357. The van der Waals surface area contributed by atoms with E-state index in [1.54, 1.807) is 0 Å². The second-order valence-corrected chi connectivity index (χ2v) is 4.56. The van der Waals surface area contributed by atoms with Crippen molar-refractivity contribution in [2.45, 2.75) is 45.4 Å². The predicted octanol–water partition coefficient (Wildman–Crippen LogP) is 2.10. The zero-order valence-corrected chi connectivity index (χ0v) is 9.19. The Morgan fingerprint density at radius 3 is 2.93 bits per heavy atom. The van der Waals surface area contributed by atoms with Crippen molar-refractivity contribution in [1.29, 1.82) is 0 Å². The van der Waals surface area contributed by atoms with E-state index in [-0.39, 0.29) is 11.7 Å². The summed E-state index contributed by atoms with van der Waals surface area (Å²) in [7, 11) is 0. The molecule has 0 bridgehead atoms. The Balaban J connectivity index is 2.09. The summed E-state index contributed by atoms with van der Waals surface area (Å²) < 4.78 is 5.14. The summed E-state index contributed by atoms with van der Waals surface area (Å²) in [6, 6.07) is 0. The highest BCUT2D eigenvalue weighted by Gasteiger charge is 2.30. The van der Waals surface area contributed by atoms with Crippen molar-refractivity contribution in [2.24, 2.45) is 5.92 Å². The highest BCUT2D eigenvalue weighted by atomic mass is 16.5. The molecule has 1 aromatic heterocycles. The Kier molecular flexibility index (Phi) is 2.84. The molecule has 82 valence electrons. The lowest BCUT2D eigenvalue weighted by molar-refractivity contribution is -0.119. The lowest BCUT2D eigenvalue weighted by Gasteiger charge is -1.99. The molecule has 1 saturated carbocycles. The zero-order chi connectivity index (χ0) is 10.8. The van der Waals surface area contributed by atoms with Crippen LogP contribution < -0.4 is 0 Å². The van der Waals surface area contributed by atoms with Crippen LogP contribution in [0.3, 0.4) is 0 Å². The first kappa shape index (κ1) is 10.3. The molecule has 2 rings (SSSR count). The molecular weight excluding hydrogens is 192 g/mol. The maximum absolute atomic E-state index is 11.5. The van der Waals surface area contributed by atoms with Crippen LogP contribution >= 0.6 is 0 Å². The maximum atomic E-state index is 11.5. The van der Waals surface area contributed by atoms with Crippen molar-refractivity contribution in [1.82, 2.24) is 10.1 Å². The van der Waals surface area contributed by atoms with E-state index in [0.717, 1.165) is 25.1 Å². The van der Waals surface area contributed by atoms with E-state index >= 15 is 0 Å². The van der Waals surface area contributed by atoms with E-state index < -0.39 is 0 Å². The summed E-state index contributed by atoms with van der Waals surface area (Å²) in [5.74, 6) is 1.87. The molecule has 1 unspecified atom stereocenters. The molecule has 15 heavy (non-hydrogen) atoms. The minimum atomic E-state index is -0.126. The third-order valence-corrected chi connectivity index (χ3v) is 2.68. The number of rotatable bonds is 3. The zero-order valence-electron chi connectivity index (χ0n) is 9.19. The quantitative estimate of drug-likeness (QED) is 0.763. The van der Waals surface area contributed by atoms with E-state index in [9.17, 15) is 4.79 Å². The van der Waals surface area contributed by atoms with E-state index in [4.69, 9.17) is 4.52 Å². The standard InChI is InChI=1S/C11H16N2O2/c1-7(2)6-10-12-11(15-13-10)8-4-3-5-9(8)14/h7-8H,3-6H2,1-2H3. The third kappa shape index (κ3) is 2.25. The van der Waals surface area contributed by atoms with E-state index in [2.05, 4.69) is 24.0 Å². The van der Waals surface area contributed by atoms with Crippen LogP contribution in [0.2, 0.25) is 0 Å². The summed E-state index contributed by atoms with van der Waals surface area (Å²) in [4.78, 5) is 15.8. The number of aromatic nitrogens is 2. The van der Waals surface area contributed by atoms with Gasteiger partial charge in [0.15, 0.2) is 5.82 Å². The molecule has 1 fully saturated rings. The molecule has 0 aliphatic heterocycles. The fourth-order valence-electron chi connectivity index (χ4n) is 1.93. The topological polar surface area (TPSA) is 56.0 Å². The molecule has 1 aliphatic carbocycles. The van der Waals surface area contributed by atoms with Gasteiger partial charge in [0.1, 0.15) is 5.78 Å². The average Bonchev–Trinajstić information content (AvgIpc) is 2.72. The van der Waals surface area contributed by atoms with Crippen molar-refractivity contribution < 1.29 is 9.32 Å². The van der Waals surface area contributed by atoms with Gasteiger partial charge in [-0.05, 0) is 18.8 Å². The fraction of sp³-hybridized carbons (Fsp3) is 0.727.